The minimum absolute atomic E-state index is 0.695. The van der Waals surface area contributed by atoms with E-state index in [0.717, 1.165) is 35.5 Å². The van der Waals surface area contributed by atoms with Crippen molar-refractivity contribution in [3.05, 3.63) is 0 Å². The van der Waals surface area contributed by atoms with Crippen LogP contribution < -0.4 is 0 Å². The lowest BCUT2D eigenvalue weighted by Crippen LogP contribution is -2.47. The molecule has 0 aliphatic heterocycles. The Balaban J connectivity index is 1.59. The van der Waals surface area contributed by atoms with Gasteiger partial charge in [-0.05, 0) is 92.3 Å². The molecule has 164 valence electrons. The summed E-state index contributed by atoms with van der Waals surface area (Å²) in [5.41, 5.74) is 0.695. The van der Waals surface area contributed by atoms with E-state index in [4.69, 9.17) is 0 Å². The fourth-order valence-electron chi connectivity index (χ4n) is 8.10. The van der Waals surface area contributed by atoms with Gasteiger partial charge in [0.15, 0.2) is 0 Å². The molecule has 0 nitrogen and oxygen atoms in total. The van der Waals surface area contributed by atoms with Crippen molar-refractivity contribution in [1.29, 1.82) is 0 Å². The molecule has 0 bridgehead atoms. The Labute approximate surface area is 178 Å². The molecule has 7 atom stereocenters. The molecule has 0 amide bonds. The van der Waals surface area contributed by atoms with Crippen molar-refractivity contribution >= 4 is 0 Å². The van der Waals surface area contributed by atoms with Gasteiger partial charge in [0, 0.05) is 0 Å². The van der Waals surface area contributed by atoms with Gasteiger partial charge < -0.3 is 0 Å². The van der Waals surface area contributed by atoms with E-state index in [1.165, 1.54) is 57.8 Å². The summed E-state index contributed by atoms with van der Waals surface area (Å²) in [5, 5.41) is 0. The number of fused-ring (bicyclic) bond motifs is 1. The molecule has 3 saturated carbocycles. The van der Waals surface area contributed by atoms with Gasteiger partial charge in [-0.3, -0.25) is 0 Å². The Hall–Kier alpha value is 0. The molecule has 0 aromatic heterocycles. The number of unbranched alkanes of at least 4 members (excludes halogenated alkanes) is 4. The minimum Gasteiger partial charge on any atom is -0.0654 e. The van der Waals surface area contributed by atoms with Crippen molar-refractivity contribution in [2.45, 2.75) is 137 Å². The van der Waals surface area contributed by atoms with Gasteiger partial charge in [-0.25, -0.2) is 0 Å². The zero-order valence-electron chi connectivity index (χ0n) is 20.0. The fraction of sp³-hybridized carbons (Fsp3) is 1.00. The second-order valence-corrected chi connectivity index (χ2v) is 11.6. The second kappa shape index (κ2) is 10.9. The van der Waals surface area contributed by atoms with Crippen molar-refractivity contribution in [3.63, 3.8) is 0 Å². The summed E-state index contributed by atoms with van der Waals surface area (Å²) in [6.45, 7) is 10.1. The first-order chi connectivity index (χ1) is 13.6. The quantitative estimate of drug-likeness (QED) is 0.327. The molecule has 3 fully saturated rings. The van der Waals surface area contributed by atoms with Crippen molar-refractivity contribution < 1.29 is 0 Å². The Morgan fingerprint density at radius 1 is 0.857 bits per heavy atom. The van der Waals surface area contributed by atoms with E-state index >= 15 is 0 Å². The van der Waals surface area contributed by atoms with Crippen LogP contribution in [0.1, 0.15) is 137 Å². The van der Waals surface area contributed by atoms with Crippen LogP contribution in [-0.2, 0) is 0 Å². The maximum absolute atomic E-state index is 2.74. The highest BCUT2D eigenvalue weighted by Crippen LogP contribution is 2.60. The monoisotopic (exact) mass is 388 g/mol. The Morgan fingerprint density at radius 3 is 2.46 bits per heavy atom. The highest BCUT2D eigenvalue weighted by molar-refractivity contribution is 5.00. The van der Waals surface area contributed by atoms with Crippen LogP contribution in [0.5, 0.6) is 0 Å². The summed E-state index contributed by atoms with van der Waals surface area (Å²) >= 11 is 0. The molecule has 28 heavy (non-hydrogen) atoms. The topological polar surface area (TPSA) is 0 Å². The van der Waals surface area contributed by atoms with Gasteiger partial charge in [-0.1, -0.05) is 85.5 Å². The van der Waals surface area contributed by atoms with Crippen molar-refractivity contribution in [2.75, 3.05) is 0 Å². The highest BCUT2D eigenvalue weighted by atomic mass is 14.6. The normalized spacial score (nSPS) is 39.6. The van der Waals surface area contributed by atoms with Crippen LogP contribution in [-0.4, -0.2) is 0 Å². The summed E-state index contributed by atoms with van der Waals surface area (Å²) in [6, 6.07) is 0. The molecule has 0 N–H and O–H groups in total. The Bertz CT molecular complexity index is 439. The van der Waals surface area contributed by atoms with Crippen LogP contribution in [0.4, 0.5) is 0 Å². The van der Waals surface area contributed by atoms with Gasteiger partial charge in [0.2, 0.25) is 0 Å². The van der Waals surface area contributed by atoms with Gasteiger partial charge in [0.05, 0.1) is 0 Å². The summed E-state index contributed by atoms with van der Waals surface area (Å²) in [7, 11) is 0. The van der Waals surface area contributed by atoms with Gasteiger partial charge in [0.25, 0.3) is 0 Å². The van der Waals surface area contributed by atoms with Gasteiger partial charge in [0.1, 0.15) is 0 Å². The summed E-state index contributed by atoms with van der Waals surface area (Å²) in [6.07, 6.45) is 25.7. The standard InChI is InChI=1S/C28H52/c1-5-7-9-10-13-22(3)23-16-17-24(21-23)26-19-18-25-14-11-12-20-28(25,4)27(26)15-8-6-2/h22-27H,5-21H2,1-4H3. The first-order valence-electron chi connectivity index (χ1n) is 13.6. The molecule has 0 spiro atoms. The first-order valence-corrected chi connectivity index (χ1v) is 13.6. The highest BCUT2D eigenvalue weighted by Gasteiger charge is 2.51. The molecule has 3 aliphatic carbocycles. The second-order valence-electron chi connectivity index (χ2n) is 11.6. The van der Waals surface area contributed by atoms with E-state index in [0.29, 0.717) is 5.41 Å². The van der Waals surface area contributed by atoms with Gasteiger partial charge in [-0.2, -0.15) is 0 Å². The van der Waals surface area contributed by atoms with E-state index in [9.17, 15) is 0 Å². The van der Waals surface area contributed by atoms with Gasteiger partial charge in [-0.15, -0.1) is 0 Å². The van der Waals surface area contributed by atoms with E-state index in [1.54, 1.807) is 51.4 Å². The molecule has 7 unspecified atom stereocenters. The van der Waals surface area contributed by atoms with E-state index in [-0.39, 0.29) is 0 Å². The van der Waals surface area contributed by atoms with Crippen LogP contribution in [0.3, 0.4) is 0 Å². The molecular formula is C28H52. The fourth-order valence-corrected chi connectivity index (χ4v) is 8.10. The summed E-state index contributed by atoms with van der Waals surface area (Å²) in [5.74, 6) is 6.30. The molecule has 0 saturated heterocycles. The van der Waals surface area contributed by atoms with Crippen LogP contribution in [0.15, 0.2) is 0 Å². The number of hydrogen-bond donors (Lipinski definition) is 0. The SMILES string of the molecule is CCCCCCC(C)C1CCC(C2CCC3CCCCC3(C)C2CCCC)C1. The summed E-state index contributed by atoms with van der Waals surface area (Å²) < 4.78 is 0. The third kappa shape index (κ3) is 5.18. The van der Waals surface area contributed by atoms with Crippen molar-refractivity contribution in [3.8, 4) is 0 Å². The minimum atomic E-state index is 0.695. The summed E-state index contributed by atoms with van der Waals surface area (Å²) in [4.78, 5) is 0. The van der Waals surface area contributed by atoms with Gasteiger partial charge >= 0.3 is 0 Å². The third-order valence-electron chi connectivity index (χ3n) is 9.97. The third-order valence-corrected chi connectivity index (χ3v) is 9.97. The maximum Gasteiger partial charge on any atom is -0.0266 e. The largest absolute Gasteiger partial charge is 0.0654 e. The molecule has 3 rings (SSSR count). The van der Waals surface area contributed by atoms with E-state index in [1.807, 2.05) is 0 Å². The lowest BCUT2D eigenvalue weighted by atomic mass is 9.50. The smallest absolute Gasteiger partial charge is 0.0266 e. The Morgan fingerprint density at radius 2 is 1.68 bits per heavy atom. The lowest BCUT2D eigenvalue weighted by Gasteiger charge is -2.55. The molecular weight excluding hydrogens is 336 g/mol. The average molecular weight is 389 g/mol. The van der Waals surface area contributed by atoms with Crippen LogP contribution in [0, 0.1) is 40.9 Å². The number of rotatable bonds is 10. The molecule has 0 heteroatoms. The maximum atomic E-state index is 2.74. The first kappa shape index (κ1) is 22.7. The van der Waals surface area contributed by atoms with Crippen LogP contribution in [0.25, 0.3) is 0 Å². The predicted molar refractivity (Wildman–Crippen MR) is 125 cm³/mol. The van der Waals surface area contributed by atoms with Crippen molar-refractivity contribution in [1.82, 2.24) is 0 Å². The molecule has 3 aliphatic rings. The van der Waals surface area contributed by atoms with E-state index < -0.39 is 0 Å². The average Bonchev–Trinajstić information content (AvgIpc) is 3.19. The molecule has 0 aromatic carbocycles. The zero-order valence-corrected chi connectivity index (χ0v) is 20.0. The molecule has 0 radical (unpaired) electrons. The van der Waals surface area contributed by atoms with E-state index in [2.05, 4.69) is 27.7 Å². The predicted octanol–water partition coefficient (Wildman–Crippen LogP) is 9.42. The zero-order chi connectivity index (χ0) is 20.0. The molecule has 0 heterocycles. The van der Waals surface area contributed by atoms with Crippen molar-refractivity contribution in [2.24, 2.45) is 40.9 Å². The lowest BCUT2D eigenvalue weighted by molar-refractivity contribution is -0.0579. The van der Waals surface area contributed by atoms with Crippen LogP contribution in [0.2, 0.25) is 0 Å². The Kier molecular flexibility index (Phi) is 8.79. The van der Waals surface area contributed by atoms with Crippen LogP contribution >= 0.6 is 0 Å². The molecule has 0 aromatic rings. The number of hydrogen-bond acceptors (Lipinski definition) is 0.